The molecule has 3 nitrogen and oxygen atoms in total. The minimum Gasteiger partial charge on any atom is -0.389 e. The highest BCUT2D eigenvalue weighted by Gasteiger charge is 2.25. The third kappa shape index (κ3) is 3.75. The van der Waals surface area contributed by atoms with Gasteiger partial charge in [-0.3, -0.25) is 4.90 Å². The first kappa shape index (κ1) is 14.4. The maximum Gasteiger partial charge on any atom is 0.103 e. The van der Waals surface area contributed by atoms with Gasteiger partial charge in [0.05, 0.1) is 12.7 Å². The molecule has 1 aliphatic heterocycles. The lowest BCUT2D eigenvalue weighted by atomic mass is 10.1. The fraction of sp³-hybridized carbons (Fsp3) is 0.533. The molecule has 1 aromatic carbocycles. The van der Waals surface area contributed by atoms with E-state index in [2.05, 4.69) is 30.9 Å². The van der Waals surface area contributed by atoms with Crippen LogP contribution in [0, 0.1) is 0 Å². The van der Waals surface area contributed by atoms with E-state index in [0.717, 1.165) is 31.7 Å². The summed E-state index contributed by atoms with van der Waals surface area (Å²) in [5.41, 5.74) is 7.84. The first-order valence-corrected chi connectivity index (χ1v) is 7.25. The predicted molar refractivity (Wildman–Crippen MR) is 82.2 cm³/mol. The van der Waals surface area contributed by atoms with Gasteiger partial charge in [0.2, 0.25) is 0 Å². The van der Waals surface area contributed by atoms with Crippen molar-refractivity contribution in [1.29, 1.82) is 0 Å². The molecule has 104 valence electrons. The summed E-state index contributed by atoms with van der Waals surface area (Å²) in [6.07, 6.45) is 1.44. The Bertz CT molecular complexity index is 432. The quantitative estimate of drug-likeness (QED) is 0.858. The van der Waals surface area contributed by atoms with Crippen LogP contribution in [-0.2, 0) is 11.3 Å². The first-order valence-electron chi connectivity index (χ1n) is 6.84. The number of thiocarbonyl (C=S) groups is 1. The molecule has 0 aromatic heterocycles. The fourth-order valence-corrected chi connectivity index (χ4v) is 2.63. The predicted octanol–water partition coefficient (Wildman–Crippen LogP) is 2.32. The maximum atomic E-state index is 5.72. The molecule has 1 aromatic rings. The Kier molecular flexibility index (Phi) is 4.91. The van der Waals surface area contributed by atoms with Crippen LogP contribution >= 0.6 is 12.2 Å². The Balaban J connectivity index is 2.04. The van der Waals surface area contributed by atoms with E-state index >= 15 is 0 Å². The lowest BCUT2D eigenvalue weighted by molar-refractivity contribution is -0.0592. The van der Waals surface area contributed by atoms with Crippen molar-refractivity contribution >= 4 is 17.2 Å². The number of ether oxygens (including phenoxy) is 1. The molecule has 1 saturated heterocycles. The standard InChI is InChI=1S/C15H22N2OS/c1-3-14-10-18-11(2)8-17(14)9-12-4-6-13(7-5-12)15(16)19/h4-7,11,14H,3,8-10H2,1-2H3,(H2,16,19). The van der Waals surface area contributed by atoms with E-state index in [-0.39, 0.29) is 0 Å². The highest BCUT2D eigenvalue weighted by atomic mass is 32.1. The molecule has 2 rings (SSSR count). The molecule has 0 radical (unpaired) electrons. The zero-order valence-electron chi connectivity index (χ0n) is 11.6. The minimum absolute atomic E-state index is 0.318. The lowest BCUT2D eigenvalue weighted by Gasteiger charge is -2.38. The van der Waals surface area contributed by atoms with Crippen LogP contribution in [0.5, 0.6) is 0 Å². The molecule has 0 bridgehead atoms. The van der Waals surface area contributed by atoms with Crippen LogP contribution in [0.3, 0.4) is 0 Å². The van der Waals surface area contributed by atoms with Gasteiger partial charge in [-0.2, -0.15) is 0 Å². The van der Waals surface area contributed by atoms with E-state index in [0.29, 0.717) is 17.1 Å². The van der Waals surface area contributed by atoms with Gasteiger partial charge in [0, 0.05) is 24.7 Å². The third-order valence-electron chi connectivity index (χ3n) is 3.68. The molecule has 1 heterocycles. The Labute approximate surface area is 120 Å². The second kappa shape index (κ2) is 6.46. The number of benzene rings is 1. The van der Waals surface area contributed by atoms with Gasteiger partial charge in [0.15, 0.2) is 0 Å². The summed E-state index contributed by atoms with van der Waals surface area (Å²) in [6.45, 7) is 7.14. The van der Waals surface area contributed by atoms with Gasteiger partial charge < -0.3 is 10.5 Å². The van der Waals surface area contributed by atoms with E-state index in [1.54, 1.807) is 0 Å². The van der Waals surface area contributed by atoms with Crippen LogP contribution < -0.4 is 5.73 Å². The number of hydrogen-bond donors (Lipinski definition) is 1. The number of nitrogens with zero attached hydrogens (tertiary/aromatic N) is 1. The summed E-state index contributed by atoms with van der Waals surface area (Å²) < 4.78 is 5.72. The normalized spacial score (nSPS) is 24.3. The van der Waals surface area contributed by atoms with Crippen LogP contribution in [0.15, 0.2) is 24.3 Å². The average molecular weight is 278 g/mol. The molecule has 0 spiro atoms. The second-order valence-corrected chi connectivity index (χ2v) is 5.64. The molecule has 2 N–H and O–H groups in total. The van der Waals surface area contributed by atoms with E-state index < -0.39 is 0 Å². The maximum absolute atomic E-state index is 5.72. The monoisotopic (exact) mass is 278 g/mol. The smallest absolute Gasteiger partial charge is 0.103 e. The molecule has 0 aliphatic carbocycles. The molecule has 0 saturated carbocycles. The summed E-state index contributed by atoms with van der Waals surface area (Å²) in [5, 5.41) is 0. The highest BCUT2D eigenvalue weighted by Crippen LogP contribution is 2.18. The van der Waals surface area contributed by atoms with Crippen LogP contribution in [0.1, 0.15) is 31.4 Å². The third-order valence-corrected chi connectivity index (χ3v) is 3.91. The van der Waals surface area contributed by atoms with Gasteiger partial charge >= 0.3 is 0 Å². The van der Waals surface area contributed by atoms with Crippen LogP contribution in [0.4, 0.5) is 0 Å². The van der Waals surface area contributed by atoms with Crippen molar-refractivity contribution in [3.8, 4) is 0 Å². The van der Waals surface area contributed by atoms with Gasteiger partial charge in [-0.05, 0) is 18.9 Å². The number of hydrogen-bond acceptors (Lipinski definition) is 3. The summed E-state index contributed by atoms with van der Waals surface area (Å²) >= 11 is 4.97. The summed E-state index contributed by atoms with van der Waals surface area (Å²) in [4.78, 5) is 2.96. The van der Waals surface area contributed by atoms with Crippen molar-refractivity contribution in [2.45, 2.75) is 39.0 Å². The second-order valence-electron chi connectivity index (χ2n) is 5.20. The van der Waals surface area contributed by atoms with Crippen LogP contribution in [0.25, 0.3) is 0 Å². The Morgan fingerprint density at radius 2 is 2.11 bits per heavy atom. The van der Waals surface area contributed by atoms with Crippen molar-refractivity contribution in [2.75, 3.05) is 13.2 Å². The largest absolute Gasteiger partial charge is 0.389 e. The summed E-state index contributed by atoms with van der Waals surface area (Å²) in [5.74, 6) is 0. The molecule has 4 heteroatoms. The molecule has 2 unspecified atom stereocenters. The van der Waals surface area contributed by atoms with Crippen molar-refractivity contribution in [3.05, 3.63) is 35.4 Å². The molecule has 1 fully saturated rings. The van der Waals surface area contributed by atoms with E-state index in [1.807, 2.05) is 12.1 Å². The number of rotatable bonds is 4. The van der Waals surface area contributed by atoms with Crippen molar-refractivity contribution in [2.24, 2.45) is 5.73 Å². The lowest BCUT2D eigenvalue weighted by Crippen LogP contribution is -2.47. The fourth-order valence-electron chi connectivity index (χ4n) is 2.49. The van der Waals surface area contributed by atoms with Crippen molar-refractivity contribution in [3.63, 3.8) is 0 Å². The van der Waals surface area contributed by atoms with E-state index in [4.69, 9.17) is 22.7 Å². The summed E-state index contributed by atoms with van der Waals surface area (Å²) in [6, 6.07) is 8.75. The van der Waals surface area contributed by atoms with Crippen molar-refractivity contribution in [1.82, 2.24) is 4.90 Å². The minimum atomic E-state index is 0.318. The van der Waals surface area contributed by atoms with Crippen LogP contribution in [0.2, 0.25) is 0 Å². The molecular weight excluding hydrogens is 256 g/mol. The zero-order chi connectivity index (χ0) is 13.8. The topological polar surface area (TPSA) is 38.5 Å². The van der Waals surface area contributed by atoms with Gasteiger partial charge in [-0.1, -0.05) is 43.4 Å². The Hall–Kier alpha value is -0.970. The number of morpholine rings is 1. The summed E-state index contributed by atoms with van der Waals surface area (Å²) in [7, 11) is 0. The molecule has 0 amide bonds. The molecule has 19 heavy (non-hydrogen) atoms. The molecular formula is C15H22N2OS. The van der Waals surface area contributed by atoms with E-state index in [9.17, 15) is 0 Å². The number of nitrogens with two attached hydrogens (primary N) is 1. The van der Waals surface area contributed by atoms with Crippen molar-refractivity contribution < 1.29 is 4.74 Å². The first-order chi connectivity index (χ1) is 9.10. The van der Waals surface area contributed by atoms with Gasteiger partial charge in [-0.25, -0.2) is 0 Å². The van der Waals surface area contributed by atoms with Crippen LogP contribution in [-0.4, -0.2) is 35.2 Å². The Morgan fingerprint density at radius 1 is 1.42 bits per heavy atom. The molecule has 1 aliphatic rings. The average Bonchev–Trinajstić information content (AvgIpc) is 2.39. The SMILES string of the molecule is CCC1COC(C)CN1Cc1ccc(C(N)=S)cc1. The zero-order valence-corrected chi connectivity index (χ0v) is 12.5. The van der Waals surface area contributed by atoms with Gasteiger partial charge in [0.1, 0.15) is 4.99 Å². The Morgan fingerprint density at radius 3 is 2.68 bits per heavy atom. The highest BCUT2D eigenvalue weighted by molar-refractivity contribution is 7.80. The van der Waals surface area contributed by atoms with E-state index in [1.165, 1.54) is 5.56 Å². The molecule has 2 atom stereocenters. The van der Waals surface area contributed by atoms with Gasteiger partial charge in [-0.15, -0.1) is 0 Å². The van der Waals surface area contributed by atoms with Gasteiger partial charge in [0.25, 0.3) is 0 Å².